The molecule has 1 aliphatic heterocycles. The second-order valence-electron chi connectivity index (χ2n) is 5.15. The van der Waals surface area contributed by atoms with Crippen molar-refractivity contribution in [3.05, 3.63) is 35.6 Å². The average molecular weight is 249 g/mol. The van der Waals surface area contributed by atoms with Crippen LogP contribution in [-0.2, 0) is 0 Å². The molecule has 0 aromatic heterocycles. The topological polar surface area (TPSA) is 29.1 Å². The summed E-state index contributed by atoms with van der Waals surface area (Å²) < 4.78 is 12.9. The zero-order valence-electron chi connectivity index (χ0n) is 10.8. The van der Waals surface area contributed by atoms with Crippen LogP contribution in [0.1, 0.15) is 43.0 Å². The fourth-order valence-electron chi connectivity index (χ4n) is 2.87. The molecular formula is C15H20FNO. The zero-order chi connectivity index (χ0) is 13.0. The van der Waals surface area contributed by atoms with E-state index >= 15 is 0 Å². The number of piperidine rings is 1. The molecule has 2 rings (SSSR count). The van der Waals surface area contributed by atoms with Gasteiger partial charge < -0.3 is 5.32 Å². The van der Waals surface area contributed by atoms with Crippen LogP contribution in [0.25, 0.3) is 0 Å². The Balaban J connectivity index is 2.24. The van der Waals surface area contributed by atoms with Gasteiger partial charge in [0.15, 0.2) is 5.78 Å². The number of halogens is 1. The Bertz CT molecular complexity index is 401. The predicted octanol–water partition coefficient (Wildman–Crippen LogP) is 3.18. The van der Waals surface area contributed by atoms with Gasteiger partial charge in [-0.25, -0.2) is 4.39 Å². The highest BCUT2D eigenvalue weighted by molar-refractivity contribution is 6.00. The molecule has 1 N–H and O–H groups in total. The van der Waals surface area contributed by atoms with E-state index in [9.17, 15) is 9.18 Å². The molecule has 0 bridgehead atoms. The molecule has 1 atom stereocenters. The molecule has 1 heterocycles. The highest BCUT2D eigenvalue weighted by Crippen LogP contribution is 2.35. The second-order valence-corrected chi connectivity index (χ2v) is 5.15. The summed E-state index contributed by atoms with van der Waals surface area (Å²) in [6, 6.07) is 5.93. The van der Waals surface area contributed by atoms with Crippen molar-refractivity contribution in [3.8, 4) is 0 Å². The second kappa shape index (κ2) is 5.61. The fourth-order valence-corrected chi connectivity index (χ4v) is 2.87. The van der Waals surface area contributed by atoms with E-state index < -0.39 is 0 Å². The number of nitrogens with one attached hydrogen (secondary N) is 1. The maximum atomic E-state index is 12.9. The van der Waals surface area contributed by atoms with E-state index in [2.05, 4.69) is 12.2 Å². The fraction of sp³-hybridized carbons (Fsp3) is 0.533. The third-order valence-corrected chi connectivity index (χ3v) is 3.79. The first-order valence-electron chi connectivity index (χ1n) is 6.69. The van der Waals surface area contributed by atoms with Gasteiger partial charge in [0.2, 0.25) is 0 Å². The third-order valence-electron chi connectivity index (χ3n) is 3.79. The Morgan fingerprint density at radius 1 is 1.39 bits per heavy atom. The van der Waals surface area contributed by atoms with E-state index in [1.807, 2.05) is 0 Å². The van der Waals surface area contributed by atoms with Gasteiger partial charge in [-0.3, -0.25) is 4.79 Å². The molecule has 1 fully saturated rings. The van der Waals surface area contributed by atoms with Gasteiger partial charge in [0.05, 0.1) is 0 Å². The molecule has 1 aliphatic rings. The van der Waals surface area contributed by atoms with Crippen LogP contribution < -0.4 is 5.32 Å². The van der Waals surface area contributed by atoms with Gasteiger partial charge in [-0.2, -0.15) is 0 Å². The summed E-state index contributed by atoms with van der Waals surface area (Å²) in [7, 11) is 0. The number of ketones is 1. The molecule has 1 aromatic rings. The predicted molar refractivity (Wildman–Crippen MR) is 70.2 cm³/mol. The lowest BCUT2D eigenvalue weighted by Crippen LogP contribution is -2.45. The monoisotopic (exact) mass is 249 g/mol. The first-order valence-corrected chi connectivity index (χ1v) is 6.69. The van der Waals surface area contributed by atoms with Crippen molar-refractivity contribution in [1.82, 2.24) is 5.32 Å². The summed E-state index contributed by atoms with van der Waals surface area (Å²) in [5, 5.41) is 3.33. The molecule has 1 saturated heterocycles. The maximum absolute atomic E-state index is 12.9. The van der Waals surface area contributed by atoms with Crippen molar-refractivity contribution in [3.63, 3.8) is 0 Å². The summed E-state index contributed by atoms with van der Waals surface area (Å²) in [6.07, 6.45) is 3.86. The number of carbonyl (C=O) groups excluding carboxylic acids is 1. The van der Waals surface area contributed by atoms with Crippen molar-refractivity contribution in [2.24, 2.45) is 5.41 Å². The molecule has 1 aromatic carbocycles. The van der Waals surface area contributed by atoms with E-state index in [1.165, 1.54) is 12.1 Å². The summed E-state index contributed by atoms with van der Waals surface area (Å²) in [6.45, 7) is 3.84. The molecule has 2 nitrogen and oxygen atoms in total. The molecule has 1 unspecified atom stereocenters. The van der Waals surface area contributed by atoms with Gasteiger partial charge in [0.25, 0.3) is 0 Å². The Morgan fingerprint density at radius 3 is 2.67 bits per heavy atom. The number of carbonyl (C=O) groups is 1. The Kier molecular flexibility index (Phi) is 4.12. The number of rotatable bonds is 4. The van der Waals surface area contributed by atoms with E-state index in [-0.39, 0.29) is 17.0 Å². The zero-order valence-corrected chi connectivity index (χ0v) is 10.8. The van der Waals surface area contributed by atoms with E-state index in [4.69, 9.17) is 0 Å². The molecule has 0 aliphatic carbocycles. The van der Waals surface area contributed by atoms with Gasteiger partial charge in [0, 0.05) is 17.5 Å². The number of Topliss-reactive ketones (excluding diaryl/α,β-unsaturated/α-hetero) is 1. The lowest BCUT2D eigenvalue weighted by Gasteiger charge is -2.36. The highest BCUT2D eigenvalue weighted by Gasteiger charge is 2.38. The lowest BCUT2D eigenvalue weighted by molar-refractivity contribution is 0.0718. The average Bonchev–Trinajstić information content (AvgIpc) is 2.40. The molecule has 3 heteroatoms. The van der Waals surface area contributed by atoms with Crippen LogP contribution >= 0.6 is 0 Å². The minimum absolute atomic E-state index is 0.163. The van der Waals surface area contributed by atoms with E-state index in [0.717, 1.165) is 38.8 Å². The van der Waals surface area contributed by atoms with Gasteiger partial charge >= 0.3 is 0 Å². The van der Waals surface area contributed by atoms with Gasteiger partial charge in [-0.05, 0) is 50.1 Å². The SMILES string of the molecule is CCCC1(C(=O)c2ccc(F)cc2)CCCNC1. The lowest BCUT2D eigenvalue weighted by atomic mass is 9.71. The summed E-state index contributed by atoms with van der Waals surface area (Å²) in [5.41, 5.74) is 0.346. The maximum Gasteiger partial charge on any atom is 0.170 e. The van der Waals surface area contributed by atoms with Crippen LogP contribution in [0.15, 0.2) is 24.3 Å². The molecular weight excluding hydrogens is 229 g/mol. The molecule has 0 spiro atoms. The number of hydrogen-bond donors (Lipinski definition) is 1. The summed E-state index contributed by atoms with van der Waals surface area (Å²) in [5.74, 6) is -0.130. The van der Waals surface area contributed by atoms with Crippen molar-refractivity contribution < 1.29 is 9.18 Å². The smallest absolute Gasteiger partial charge is 0.170 e. The Hall–Kier alpha value is -1.22. The molecule has 98 valence electrons. The van der Waals surface area contributed by atoms with Gasteiger partial charge in [-0.15, -0.1) is 0 Å². The molecule has 0 amide bonds. The normalized spacial score (nSPS) is 23.9. The van der Waals surface area contributed by atoms with Crippen LogP contribution in [0.2, 0.25) is 0 Å². The quantitative estimate of drug-likeness (QED) is 0.830. The Labute approximate surface area is 108 Å². The van der Waals surface area contributed by atoms with Crippen molar-refractivity contribution >= 4 is 5.78 Å². The van der Waals surface area contributed by atoms with Crippen LogP contribution in [0.3, 0.4) is 0 Å². The summed E-state index contributed by atoms with van der Waals surface area (Å²) in [4.78, 5) is 12.7. The van der Waals surface area contributed by atoms with Crippen LogP contribution in [0.5, 0.6) is 0 Å². The van der Waals surface area contributed by atoms with Gasteiger partial charge in [-0.1, -0.05) is 13.3 Å². The van der Waals surface area contributed by atoms with E-state index in [1.54, 1.807) is 12.1 Å². The molecule has 0 radical (unpaired) electrons. The third kappa shape index (κ3) is 2.61. The van der Waals surface area contributed by atoms with Crippen molar-refractivity contribution in [2.75, 3.05) is 13.1 Å². The standard InChI is InChI=1S/C15H20FNO/c1-2-8-15(9-3-10-17-11-15)14(18)12-4-6-13(16)7-5-12/h4-7,17H,2-3,8-11H2,1H3. The first-order chi connectivity index (χ1) is 8.68. The molecule has 0 saturated carbocycles. The minimum atomic E-state index is -0.294. The Morgan fingerprint density at radius 2 is 2.11 bits per heavy atom. The van der Waals surface area contributed by atoms with Crippen LogP contribution in [0, 0.1) is 11.2 Å². The summed E-state index contributed by atoms with van der Waals surface area (Å²) >= 11 is 0. The van der Waals surface area contributed by atoms with Crippen molar-refractivity contribution in [2.45, 2.75) is 32.6 Å². The number of hydrogen-bond acceptors (Lipinski definition) is 2. The number of benzene rings is 1. The minimum Gasteiger partial charge on any atom is -0.316 e. The van der Waals surface area contributed by atoms with Crippen LogP contribution in [0.4, 0.5) is 4.39 Å². The van der Waals surface area contributed by atoms with Crippen LogP contribution in [-0.4, -0.2) is 18.9 Å². The first kappa shape index (κ1) is 13.2. The molecule has 18 heavy (non-hydrogen) atoms. The highest BCUT2D eigenvalue weighted by atomic mass is 19.1. The van der Waals surface area contributed by atoms with Crippen molar-refractivity contribution in [1.29, 1.82) is 0 Å². The van der Waals surface area contributed by atoms with E-state index in [0.29, 0.717) is 5.56 Å². The van der Waals surface area contributed by atoms with Gasteiger partial charge in [0.1, 0.15) is 5.82 Å². The largest absolute Gasteiger partial charge is 0.316 e.